The van der Waals surface area contributed by atoms with Crippen LogP contribution in [0, 0.1) is 6.92 Å². The number of carboxylic acid groups (broad SMARTS) is 1. The predicted molar refractivity (Wildman–Crippen MR) is 79.5 cm³/mol. The van der Waals surface area contributed by atoms with E-state index in [0.717, 1.165) is 29.8 Å². The van der Waals surface area contributed by atoms with Crippen LogP contribution >= 0.6 is 11.3 Å². The number of hydrogen-bond donors (Lipinski definition) is 1. The standard InChI is InChI=1S/C15H14N2O2S/c1-10-16-13-9-11(15(18)19)4-5-14(13)17(10)7-6-12-3-2-8-20-12/h2-5,8-9H,6-7H2,1H3,(H,18,19). The average molecular weight is 286 g/mol. The highest BCUT2D eigenvalue weighted by Gasteiger charge is 2.10. The smallest absolute Gasteiger partial charge is 0.335 e. The molecule has 0 spiro atoms. The van der Waals surface area contributed by atoms with Gasteiger partial charge in [-0.05, 0) is 43.0 Å². The summed E-state index contributed by atoms with van der Waals surface area (Å²) >= 11 is 1.75. The molecule has 0 saturated carbocycles. The van der Waals surface area contributed by atoms with Crippen molar-refractivity contribution in [3.8, 4) is 0 Å². The van der Waals surface area contributed by atoms with Crippen molar-refractivity contribution in [2.24, 2.45) is 0 Å². The van der Waals surface area contributed by atoms with Crippen molar-refractivity contribution in [2.45, 2.75) is 19.9 Å². The molecule has 0 saturated heterocycles. The van der Waals surface area contributed by atoms with Gasteiger partial charge in [0.25, 0.3) is 0 Å². The van der Waals surface area contributed by atoms with Crippen molar-refractivity contribution in [3.05, 3.63) is 52.0 Å². The van der Waals surface area contributed by atoms with Crippen LogP contribution in [0.25, 0.3) is 11.0 Å². The Morgan fingerprint density at radius 3 is 2.95 bits per heavy atom. The number of carbonyl (C=O) groups is 1. The van der Waals surface area contributed by atoms with E-state index in [4.69, 9.17) is 5.11 Å². The van der Waals surface area contributed by atoms with Gasteiger partial charge in [-0.25, -0.2) is 9.78 Å². The summed E-state index contributed by atoms with van der Waals surface area (Å²) in [5.74, 6) is -0.00298. The zero-order valence-corrected chi connectivity index (χ0v) is 11.9. The first-order valence-electron chi connectivity index (χ1n) is 6.38. The van der Waals surface area contributed by atoms with E-state index in [-0.39, 0.29) is 5.56 Å². The van der Waals surface area contributed by atoms with E-state index in [2.05, 4.69) is 27.1 Å². The van der Waals surface area contributed by atoms with Crippen LogP contribution in [0.15, 0.2) is 35.7 Å². The summed E-state index contributed by atoms with van der Waals surface area (Å²) in [7, 11) is 0. The first-order chi connectivity index (χ1) is 9.65. The highest BCUT2D eigenvalue weighted by atomic mass is 32.1. The van der Waals surface area contributed by atoms with Gasteiger partial charge in [-0.15, -0.1) is 11.3 Å². The molecule has 102 valence electrons. The van der Waals surface area contributed by atoms with Crippen molar-refractivity contribution in [3.63, 3.8) is 0 Å². The van der Waals surface area contributed by atoms with Crippen LogP contribution in [-0.2, 0) is 13.0 Å². The van der Waals surface area contributed by atoms with Gasteiger partial charge >= 0.3 is 5.97 Å². The van der Waals surface area contributed by atoms with E-state index in [1.165, 1.54) is 4.88 Å². The Labute approximate surface area is 120 Å². The maximum atomic E-state index is 11.0. The number of aryl methyl sites for hydroxylation is 3. The molecule has 0 bridgehead atoms. The molecule has 0 atom stereocenters. The van der Waals surface area contributed by atoms with Crippen molar-refractivity contribution in [1.82, 2.24) is 9.55 Å². The third-order valence-corrected chi connectivity index (χ3v) is 4.28. The number of fused-ring (bicyclic) bond motifs is 1. The van der Waals surface area contributed by atoms with E-state index < -0.39 is 5.97 Å². The number of aromatic carboxylic acids is 1. The Hall–Kier alpha value is -2.14. The molecule has 1 N–H and O–H groups in total. The van der Waals surface area contributed by atoms with Crippen LogP contribution in [0.5, 0.6) is 0 Å². The molecule has 0 radical (unpaired) electrons. The molecule has 3 rings (SSSR count). The molecule has 2 aromatic heterocycles. The minimum Gasteiger partial charge on any atom is -0.478 e. The molecule has 0 unspecified atom stereocenters. The van der Waals surface area contributed by atoms with E-state index >= 15 is 0 Å². The predicted octanol–water partition coefficient (Wildman–Crippen LogP) is 3.35. The number of thiophene rings is 1. The summed E-state index contributed by atoms with van der Waals surface area (Å²) in [5.41, 5.74) is 2.01. The third kappa shape index (κ3) is 2.32. The lowest BCUT2D eigenvalue weighted by atomic mass is 10.2. The fourth-order valence-electron chi connectivity index (χ4n) is 2.34. The van der Waals surface area contributed by atoms with E-state index in [1.54, 1.807) is 23.5 Å². The highest BCUT2D eigenvalue weighted by Crippen LogP contribution is 2.19. The topological polar surface area (TPSA) is 55.1 Å². The zero-order chi connectivity index (χ0) is 14.1. The Bertz CT molecular complexity index is 760. The molecule has 1 aromatic carbocycles. The summed E-state index contributed by atoms with van der Waals surface area (Å²) < 4.78 is 2.14. The van der Waals surface area contributed by atoms with Crippen LogP contribution in [0.2, 0.25) is 0 Å². The molecule has 0 aliphatic carbocycles. The van der Waals surface area contributed by atoms with Crippen molar-refractivity contribution in [2.75, 3.05) is 0 Å². The Morgan fingerprint density at radius 1 is 1.40 bits per heavy atom. The SMILES string of the molecule is Cc1nc2cc(C(=O)O)ccc2n1CCc1cccs1. The Kier molecular flexibility index (Phi) is 3.28. The summed E-state index contributed by atoms with van der Waals surface area (Å²) in [5, 5.41) is 11.1. The van der Waals surface area contributed by atoms with Gasteiger partial charge in [0.15, 0.2) is 0 Å². The fourth-order valence-corrected chi connectivity index (χ4v) is 3.04. The monoisotopic (exact) mass is 286 g/mol. The minimum absolute atomic E-state index is 0.278. The number of hydrogen-bond acceptors (Lipinski definition) is 3. The molecule has 0 aliphatic heterocycles. The number of rotatable bonds is 4. The van der Waals surface area contributed by atoms with E-state index in [1.807, 2.05) is 13.0 Å². The third-order valence-electron chi connectivity index (χ3n) is 3.35. The summed E-state index contributed by atoms with van der Waals surface area (Å²) in [6.07, 6.45) is 0.963. The number of imidazole rings is 1. The molecule has 0 fully saturated rings. The van der Waals surface area contributed by atoms with Crippen LogP contribution in [-0.4, -0.2) is 20.6 Å². The van der Waals surface area contributed by atoms with Gasteiger partial charge in [0.2, 0.25) is 0 Å². The first kappa shape index (κ1) is 12.9. The second kappa shape index (κ2) is 5.09. The van der Waals surface area contributed by atoms with Crippen LogP contribution in [0.3, 0.4) is 0 Å². The number of benzene rings is 1. The number of aromatic nitrogens is 2. The average Bonchev–Trinajstić information content (AvgIpc) is 3.02. The lowest BCUT2D eigenvalue weighted by Crippen LogP contribution is -2.02. The molecule has 0 aliphatic rings. The molecule has 0 amide bonds. The molecule has 2 heterocycles. The highest BCUT2D eigenvalue weighted by molar-refractivity contribution is 7.09. The Balaban J connectivity index is 1.94. The lowest BCUT2D eigenvalue weighted by molar-refractivity contribution is 0.0697. The van der Waals surface area contributed by atoms with Crippen molar-refractivity contribution >= 4 is 28.3 Å². The largest absolute Gasteiger partial charge is 0.478 e. The zero-order valence-electron chi connectivity index (χ0n) is 11.0. The summed E-state index contributed by atoms with van der Waals surface area (Å²) in [6.45, 7) is 2.81. The maximum absolute atomic E-state index is 11.0. The molecule has 5 heteroatoms. The van der Waals surface area contributed by atoms with Crippen LogP contribution in [0.1, 0.15) is 21.1 Å². The quantitative estimate of drug-likeness (QED) is 0.800. The lowest BCUT2D eigenvalue weighted by Gasteiger charge is -2.05. The van der Waals surface area contributed by atoms with Gasteiger partial charge in [0.1, 0.15) is 5.82 Å². The van der Waals surface area contributed by atoms with Gasteiger partial charge in [0.05, 0.1) is 16.6 Å². The number of carboxylic acids is 1. The summed E-state index contributed by atoms with van der Waals surface area (Å²) in [6, 6.07) is 9.28. The number of nitrogens with zero attached hydrogens (tertiary/aromatic N) is 2. The minimum atomic E-state index is -0.919. The van der Waals surface area contributed by atoms with Gasteiger partial charge in [-0.1, -0.05) is 6.07 Å². The molecular formula is C15H14N2O2S. The summed E-state index contributed by atoms with van der Waals surface area (Å²) in [4.78, 5) is 16.8. The molecular weight excluding hydrogens is 272 g/mol. The second-order valence-corrected chi connectivity index (χ2v) is 5.68. The van der Waals surface area contributed by atoms with Crippen molar-refractivity contribution in [1.29, 1.82) is 0 Å². The second-order valence-electron chi connectivity index (χ2n) is 4.65. The van der Waals surface area contributed by atoms with E-state index in [0.29, 0.717) is 0 Å². The molecule has 4 nitrogen and oxygen atoms in total. The van der Waals surface area contributed by atoms with Crippen molar-refractivity contribution < 1.29 is 9.90 Å². The van der Waals surface area contributed by atoms with Gasteiger partial charge in [0, 0.05) is 11.4 Å². The van der Waals surface area contributed by atoms with Gasteiger partial charge < -0.3 is 9.67 Å². The van der Waals surface area contributed by atoms with Gasteiger partial charge in [-0.2, -0.15) is 0 Å². The maximum Gasteiger partial charge on any atom is 0.335 e. The van der Waals surface area contributed by atoms with Crippen LogP contribution in [0.4, 0.5) is 0 Å². The fraction of sp³-hybridized carbons (Fsp3) is 0.200. The first-order valence-corrected chi connectivity index (χ1v) is 7.25. The van der Waals surface area contributed by atoms with Gasteiger partial charge in [-0.3, -0.25) is 0 Å². The Morgan fingerprint density at radius 2 is 2.25 bits per heavy atom. The molecule has 3 aromatic rings. The molecule has 20 heavy (non-hydrogen) atoms. The van der Waals surface area contributed by atoms with Crippen LogP contribution < -0.4 is 0 Å². The normalized spacial score (nSPS) is 11.1. The van der Waals surface area contributed by atoms with E-state index in [9.17, 15) is 4.79 Å².